The van der Waals surface area contributed by atoms with Crippen molar-refractivity contribution in [3.63, 3.8) is 0 Å². The van der Waals surface area contributed by atoms with Gasteiger partial charge in [0.25, 0.3) is 0 Å². The Hall–Kier alpha value is -1.17. The Labute approximate surface area is 106 Å². The number of amides is 2. The molecule has 0 atom stereocenters. The van der Waals surface area contributed by atoms with Gasteiger partial charge in [0.05, 0.1) is 0 Å². The van der Waals surface area contributed by atoms with Crippen LogP contribution in [0.2, 0.25) is 0 Å². The first kappa shape index (κ1) is 15.8. The highest BCUT2D eigenvalue weighted by Crippen LogP contribution is 2.15. The van der Waals surface area contributed by atoms with Crippen molar-refractivity contribution in [3.8, 4) is 0 Å². The lowest BCUT2D eigenvalue weighted by Gasteiger charge is -2.20. The molecule has 0 saturated heterocycles. The molecule has 0 radical (unpaired) electrons. The van der Waals surface area contributed by atoms with Crippen molar-refractivity contribution in [2.24, 2.45) is 16.0 Å². The summed E-state index contributed by atoms with van der Waals surface area (Å²) in [6, 6.07) is 0. The maximum absolute atomic E-state index is 11.7. The van der Waals surface area contributed by atoms with Crippen LogP contribution in [0.1, 0.15) is 27.7 Å². The number of carbonyl (C=O) groups is 2. The molecular formula is C10H19ClN4O2. The van der Waals surface area contributed by atoms with Crippen LogP contribution >= 0.6 is 11.6 Å². The van der Waals surface area contributed by atoms with E-state index in [9.17, 15) is 9.59 Å². The third-order valence-electron chi connectivity index (χ3n) is 2.09. The molecular weight excluding hydrogens is 244 g/mol. The van der Waals surface area contributed by atoms with Gasteiger partial charge in [-0.2, -0.15) is 10.2 Å². The lowest BCUT2D eigenvalue weighted by atomic mass is 10.1. The Kier molecular flexibility index (Phi) is 5.54. The molecule has 98 valence electrons. The predicted octanol–water partition coefficient (Wildman–Crippen LogP) is 0.836. The van der Waals surface area contributed by atoms with Crippen LogP contribution in [0, 0.1) is 0 Å². The molecule has 0 aliphatic rings. The van der Waals surface area contributed by atoms with Gasteiger partial charge in [-0.1, -0.05) is 0 Å². The zero-order valence-electron chi connectivity index (χ0n) is 10.6. The molecule has 0 aromatic rings. The second kappa shape index (κ2) is 5.95. The summed E-state index contributed by atoms with van der Waals surface area (Å²) < 4.78 is 0. The third kappa shape index (κ3) is 5.12. The van der Waals surface area contributed by atoms with Crippen molar-refractivity contribution < 1.29 is 9.59 Å². The van der Waals surface area contributed by atoms with Crippen LogP contribution in [0.4, 0.5) is 0 Å². The highest BCUT2D eigenvalue weighted by atomic mass is 35.5. The van der Waals surface area contributed by atoms with Gasteiger partial charge in [0.15, 0.2) is 11.1 Å². The highest BCUT2D eigenvalue weighted by Gasteiger charge is 2.30. The number of hydrogen-bond acceptors (Lipinski definition) is 4. The van der Waals surface area contributed by atoms with Gasteiger partial charge < -0.3 is 11.1 Å². The van der Waals surface area contributed by atoms with E-state index in [-0.39, 0.29) is 5.91 Å². The summed E-state index contributed by atoms with van der Waals surface area (Å²) >= 11 is 5.46. The molecule has 2 amide bonds. The molecule has 0 aliphatic carbocycles. The lowest BCUT2D eigenvalue weighted by molar-refractivity contribution is -0.126. The zero-order chi connectivity index (χ0) is 13.7. The molecule has 0 unspecified atom stereocenters. The lowest BCUT2D eigenvalue weighted by Crippen LogP contribution is -2.42. The Balaban J connectivity index is 4.69. The summed E-state index contributed by atoms with van der Waals surface area (Å²) in [4.78, 5) is 22.7. The summed E-state index contributed by atoms with van der Waals surface area (Å²) in [5, 5.41) is 10.3. The van der Waals surface area contributed by atoms with E-state index in [1.54, 1.807) is 13.8 Å². The van der Waals surface area contributed by atoms with Crippen molar-refractivity contribution >= 4 is 23.4 Å². The summed E-state index contributed by atoms with van der Waals surface area (Å²) in [5.74, 6) is -0.577. The third-order valence-corrected chi connectivity index (χ3v) is 2.28. The number of rotatable bonds is 6. The van der Waals surface area contributed by atoms with Gasteiger partial charge in [-0.3, -0.25) is 9.59 Å². The Bertz CT molecular complexity index is 326. The van der Waals surface area contributed by atoms with Gasteiger partial charge in [-0.05, 0) is 27.7 Å². The van der Waals surface area contributed by atoms with E-state index in [4.69, 9.17) is 17.3 Å². The van der Waals surface area contributed by atoms with Crippen molar-refractivity contribution in [2.45, 2.75) is 38.8 Å². The molecule has 0 rings (SSSR count). The second-order valence-corrected chi connectivity index (χ2v) is 5.01. The first-order chi connectivity index (χ1) is 7.63. The molecule has 6 nitrogen and oxygen atoms in total. The fourth-order valence-electron chi connectivity index (χ4n) is 0.722. The maximum Gasteiger partial charge on any atom is 0.249 e. The van der Waals surface area contributed by atoms with E-state index in [0.717, 1.165) is 0 Å². The van der Waals surface area contributed by atoms with Crippen LogP contribution < -0.4 is 11.1 Å². The van der Waals surface area contributed by atoms with E-state index >= 15 is 0 Å². The van der Waals surface area contributed by atoms with Gasteiger partial charge in [-0.25, -0.2) is 0 Å². The minimum atomic E-state index is -1.12. The second-order valence-electron chi connectivity index (χ2n) is 4.63. The van der Waals surface area contributed by atoms with E-state index in [1.165, 1.54) is 13.8 Å². The monoisotopic (exact) mass is 262 g/mol. The largest absolute Gasteiger partial charge is 0.368 e. The minimum absolute atomic E-state index is 0.304. The Morgan fingerprint density at radius 2 is 1.65 bits per heavy atom. The molecule has 0 aromatic heterocycles. The van der Waals surface area contributed by atoms with Crippen molar-refractivity contribution in [2.75, 3.05) is 12.4 Å². The van der Waals surface area contributed by atoms with Crippen molar-refractivity contribution in [1.29, 1.82) is 0 Å². The smallest absolute Gasteiger partial charge is 0.249 e. The van der Waals surface area contributed by atoms with Crippen LogP contribution in [-0.2, 0) is 9.59 Å². The van der Waals surface area contributed by atoms with Crippen LogP contribution in [0.5, 0.6) is 0 Å². The van der Waals surface area contributed by atoms with Crippen LogP contribution in [0.25, 0.3) is 0 Å². The van der Waals surface area contributed by atoms with Gasteiger partial charge in [0.2, 0.25) is 11.8 Å². The molecule has 0 fully saturated rings. The number of nitrogens with one attached hydrogen (secondary N) is 1. The van der Waals surface area contributed by atoms with Gasteiger partial charge in [-0.15, -0.1) is 11.6 Å². The highest BCUT2D eigenvalue weighted by molar-refractivity contribution is 6.18. The number of hydrogen-bond donors (Lipinski definition) is 2. The molecule has 17 heavy (non-hydrogen) atoms. The Morgan fingerprint density at radius 1 is 1.18 bits per heavy atom. The molecule has 0 bridgehead atoms. The van der Waals surface area contributed by atoms with Crippen LogP contribution in [0.15, 0.2) is 10.2 Å². The van der Waals surface area contributed by atoms with E-state index in [1.807, 2.05) is 0 Å². The molecule has 3 N–H and O–H groups in total. The normalized spacial score (nSPS) is 12.8. The fourth-order valence-corrected chi connectivity index (χ4v) is 0.816. The fraction of sp³-hybridized carbons (Fsp3) is 0.800. The van der Waals surface area contributed by atoms with Crippen LogP contribution in [-0.4, -0.2) is 35.3 Å². The molecule has 0 heterocycles. The number of nitrogens with zero attached hydrogens (tertiary/aromatic N) is 2. The topological polar surface area (TPSA) is 96.9 Å². The molecule has 0 spiro atoms. The van der Waals surface area contributed by atoms with E-state index in [0.29, 0.717) is 12.4 Å². The maximum atomic E-state index is 11.7. The quantitative estimate of drug-likeness (QED) is 0.548. The number of primary amides is 1. The first-order valence-corrected chi connectivity index (χ1v) is 5.75. The molecule has 7 heteroatoms. The minimum Gasteiger partial charge on any atom is -0.368 e. The first-order valence-electron chi connectivity index (χ1n) is 5.21. The Morgan fingerprint density at radius 3 is 2.06 bits per heavy atom. The molecule has 0 aromatic carbocycles. The van der Waals surface area contributed by atoms with Gasteiger partial charge in [0, 0.05) is 12.4 Å². The number of halogens is 1. The number of alkyl halides is 1. The average Bonchev–Trinajstić information content (AvgIpc) is 2.23. The van der Waals surface area contributed by atoms with E-state index in [2.05, 4.69) is 15.5 Å². The SMILES string of the molecule is CC(C)(N=NC(C)(C)C(=O)NCCCl)C(N)=O. The predicted molar refractivity (Wildman–Crippen MR) is 65.9 cm³/mol. The number of carbonyl (C=O) groups excluding carboxylic acids is 2. The summed E-state index contributed by atoms with van der Waals surface area (Å²) in [7, 11) is 0. The summed E-state index contributed by atoms with van der Waals surface area (Å²) in [6.45, 7) is 6.62. The van der Waals surface area contributed by atoms with Gasteiger partial charge >= 0.3 is 0 Å². The summed E-state index contributed by atoms with van der Waals surface area (Å²) in [6.07, 6.45) is 0. The molecule has 0 aliphatic heterocycles. The van der Waals surface area contributed by atoms with Crippen LogP contribution in [0.3, 0.4) is 0 Å². The van der Waals surface area contributed by atoms with Gasteiger partial charge in [0.1, 0.15) is 0 Å². The van der Waals surface area contributed by atoms with Crippen molar-refractivity contribution in [1.82, 2.24) is 5.32 Å². The van der Waals surface area contributed by atoms with Crippen molar-refractivity contribution in [3.05, 3.63) is 0 Å². The standard InChI is InChI=1S/C10H19ClN4O2/c1-9(2,7(12)16)14-15-10(3,4)8(17)13-6-5-11/h5-6H2,1-4H3,(H2,12,16)(H,13,17). The van der Waals surface area contributed by atoms with E-state index < -0.39 is 17.0 Å². The number of nitrogens with two attached hydrogens (primary N) is 1. The summed E-state index contributed by atoms with van der Waals surface area (Å²) in [5.41, 5.74) is 2.97. The average molecular weight is 263 g/mol. The number of azo groups is 1. The molecule has 0 saturated carbocycles. The zero-order valence-corrected chi connectivity index (χ0v) is 11.3.